The maximum atomic E-state index is 12.3. The van der Waals surface area contributed by atoms with Gasteiger partial charge in [0.2, 0.25) is 5.91 Å². The number of rotatable bonds is 4. The van der Waals surface area contributed by atoms with E-state index >= 15 is 0 Å². The summed E-state index contributed by atoms with van der Waals surface area (Å²) < 4.78 is 6.00. The van der Waals surface area contributed by atoms with Gasteiger partial charge in [0.25, 0.3) is 0 Å². The van der Waals surface area contributed by atoms with Crippen LogP contribution in [0.2, 0.25) is 0 Å². The van der Waals surface area contributed by atoms with Gasteiger partial charge in [-0.2, -0.15) is 0 Å². The van der Waals surface area contributed by atoms with E-state index in [4.69, 9.17) is 4.74 Å². The molecule has 1 heterocycles. The second-order valence-electron chi connectivity index (χ2n) is 10.4. The number of hydrogen-bond acceptors (Lipinski definition) is 2. The van der Waals surface area contributed by atoms with Gasteiger partial charge >= 0.3 is 0 Å². The van der Waals surface area contributed by atoms with E-state index < -0.39 is 0 Å². The van der Waals surface area contributed by atoms with Crippen LogP contribution in [0.15, 0.2) is 0 Å². The number of carbonyl (C=O) groups is 1. The SMILES string of the molecule is CCCOCC1CC[C@H]2[C@@H]3CCC4N(C)C(=O)CC[C@]4(C)[C@@H]3CC[C@]12C. The number of nitrogens with zero attached hydrogens (tertiary/aromatic N) is 1. The Labute approximate surface area is 160 Å². The van der Waals surface area contributed by atoms with Crippen LogP contribution in [0.25, 0.3) is 0 Å². The molecule has 4 rings (SSSR count). The van der Waals surface area contributed by atoms with E-state index in [2.05, 4.69) is 32.7 Å². The third kappa shape index (κ3) is 2.67. The molecule has 0 aromatic heterocycles. The quantitative estimate of drug-likeness (QED) is 0.667. The van der Waals surface area contributed by atoms with Crippen molar-refractivity contribution >= 4 is 5.91 Å². The summed E-state index contributed by atoms with van der Waals surface area (Å²) in [5.41, 5.74) is 0.845. The van der Waals surface area contributed by atoms with Gasteiger partial charge in [0, 0.05) is 32.7 Å². The maximum Gasteiger partial charge on any atom is 0.222 e. The van der Waals surface area contributed by atoms with Crippen molar-refractivity contribution in [1.29, 1.82) is 0 Å². The molecule has 0 bridgehead atoms. The first-order chi connectivity index (χ1) is 12.4. The van der Waals surface area contributed by atoms with Crippen molar-refractivity contribution in [1.82, 2.24) is 4.90 Å². The van der Waals surface area contributed by atoms with Crippen molar-refractivity contribution in [2.75, 3.05) is 20.3 Å². The minimum atomic E-state index is 0.351. The molecule has 3 aliphatic carbocycles. The Kier molecular flexibility index (Phi) is 4.91. The number of likely N-dealkylation sites (tertiary alicyclic amines) is 1. The average Bonchev–Trinajstić information content (AvgIpc) is 2.96. The van der Waals surface area contributed by atoms with Crippen molar-refractivity contribution in [3.05, 3.63) is 0 Å². The van der Waals surface area contributed by atoms with Crippen molar-refractivity contribution in [3.63, 3.8) is 0 Å². The van der Waals surface area contributed by atoms with Crippen LogP contribution in [0.5, 0.6) is 0 Å². The first-order valence-corrected chi connectivity index (χ1v) is 11.2. The molecule has 26 heavy (non-hydrogen) atoms. The fraction of sp³-hybridized carbons (Fsp3) is 0.957. The highest BCUT2D eigenvalue weighted by molar-refractivity contribution is 5.77. The van der Waals surface area contributed by atoms with Gasteiger partial charge in [-0.1, -0.05) is 20.8 Å². The summed E-state index contributed by atoms with van der Waals surface area (Å²) in [6, 6.07) is 0.486. The molecular weight excluding hydrogens is 322 g/mol. The summed E-state index contributed by atoms with van der Waals surface area (Å²) >= 11 is 0. The first-order valence-electron chi connectivity index (χ1n) is 11.2. The van der Waals surface area contributed by atoms with Crippen molar-refractivity contribution < 1.29 is 9.53 Å². The van der Waals surface area contributed by atoms with Crippen LogP contribution in [-0.4, -0.2) is 37.1 Å². The van der Waals surface area contributed by atoms with Crippen LogP contribution in [0.4, 0.5) is 0 Å². The fourth-order valence-electron chi connectivity index (χ4n) is 7.90. The largest absolute Gasteiger partial charge is 0.381 e. The van der Waals surface area contributed by atoms with Crippen LogP contribution in [-0.2, 0) is 9.53 Å². The number of ether oxygens (including phenoxy) is 1. The molecule has 1 aliphatic heterocycles. The van der Waals surface area contributed by atoms with Gasteiger partial charge < -0.3 is 9.64 Å². The zero-order valence-electron chi connectivity index (χ0n) is 17.4. The Hall–Kier alpha value is -0.570. The normalized spacial score (nSPS) is 48.1. The first kappa shape index (κ1) is 18.8. The number of fused-ring (bicyclic) bond motifs is 5. The molecule has 1 saturated heterocycles. The van der Waals surface area contributed by atoms with Crippen LogP contribution in [0, 0.1) is 34.5 Å². The lowest BCUT2D eigenvalue weighted by Crippen LogP contribution is -2.61. The van der Waals surface area contributed by atoms with Crippen molar-refractivity contribution in [2.24, 2.45) is 34.5 Å². The highest BCUT2D eigenvalue weighted by atomic mass is 16.5. The van der Waals surface area contributed by atoms with Crippen LogP contribution in [0.3, 0.4) is 0 Å². The molecular formula is C23H39NO2. The summed E-state index contributed by atoms with van der Waals surface area (Å²) in [7, 11) is 2.06. The molecule has 4 fully saturated rings. The van der Waals surface area contributed by atoms with E-state index in [1.165, 1.54) is 38.5 Å². The van der Waals surface area contributed by atoms with E-state index in [1.807, 2.05) is 0 Å². The van der Waals surface area contributed by atoms with Gasteiger partial charge in [0.05, 0.1) is 0 Å². The highest BCUT2D eigenvalue weighted by Gasteiger charge is 2.60. The highest BCUT2D eigenvalue weighted by Crippen LogP contribution is 2.66. The number of carbonyl (C=O) groups excluding carboxylic acids is 1. The molecule has 0 spiro atoms. The number of hydrogen-bond donors (Lipinski definition) is 0. The van der Waals surface area contributed by atoms with Gasteiger partial charge in [0.1, 0.15) is 0 Å². The Morgan fingerprint density at radius 3 is 2.58 bits per heavy atom. The van der Waals surface area contributed by atoms with Crippen LogP contribution >= 0.6 is 0 Å². The standard InChI is InChI=1S/C23H39NO2/c1-5-14-26-15-16-6-8-18-17-7-9-20-23(3,13-11-21(25)24(20)4)19(17)10-12-22(16,18)2/h16-20H,5-15H2,1-4H3/t16?,17-,18-,19+,20?,22+,23+/m0/s1. The predicted octanol–water partition coefficient (Wildman–Crippen LogP) is 4.89. The molecule has 0 N–H and O–H groups in total. The van der Waals surface area contributed by atoms with E-state index in [0.717, 1.165) is 56.1 Å². The van der Waals surface area contributed by atoms with Gasteiger partial charge in [-0.15, -0.1) is 0 Å². The molecule has 3 saturated carbocycles. The molecule has 4 aliphatic rings. The molecule has 148 valence electrons. The molecule has 7 atom stereocenters. The van der Waals surface area contributed by atoms with Gasteiger partial charge in [-0.25, -0.2) is 0 Å². The smallest absolute Gasteiger partial charge is 0.222 e. The third-order valence-corrected chi connectivity index (χ3v) is 9.42. The fourth-order valence-corrected chi connectivity index (χ4v) is 7.90. The van der Waals surface area contributed by atoms with Crippen LogP contribution < -0.4 is 0 Å². The summed E-state index contributed by atoms with van der Waals surface area (Å²) in [4.78, 5) is 14.4. The van der Waals surface area contributed by atoms with Gasteiger partial charge in [0.15, 0.2) is 0 Å². The van der Waals surface area contributed by atoms with Crippen molar-refractivity contribution in [3.8, 4) is 0 Å². The summed E-state index contributed by atoms with van der Waals surface area (Å²) in [5, 5.41) is 0. The monoisotopic (exact) mass is 361 g/mol. The van der Waals surface area contributed by atoms with Crippen LogP contribution in [0.1, 0.15) is 78.6 Å². The molecule has 3 nitrogen and oxygen atoms in total. The Bertz CT molecular complexity index is 548. The molecule has 0 aromatic rings. The molecule has 1 amide bonds. The van der Waals surface area contributed by atoms with Gasteiger partial charge in [-0.05, 0) is 85.9 Å². The van der Waals surface area contributed by atoms with E-state index in [0.29, 0.717) is 22.8 Å². The van der Waals surface area contributed by atoms with Crippen molar-refractivity contribution in [2.45, 2.75) is 84.6 Å². The molecule has 3 heteroatoms. The van der Waals surface area contributed by atoms with E-state index in [-0.39, 0.29) is 0 Å². The topological polar surface area (TPSA) is 29.5 Å². The van der Waals surface area contributed by atoms with E-state index in [9.17, 15) is 4.79 Å². The molecule has 0 radical (unpaired) electrons. The second kappa shape index (κ2) is 6.79. The number of piperidine rings is 1. The average molecular weight is 362 g/mol. The summed E-state index contributed by atoms with van der Waals surface area (Å²) in [6.45, 7) is 9.22. The zero-order chi connectivity index (χ0) is 18.5. The zero-order valence-corrected chi connectivity index (χ0v) is 17.4. The Balaban J connectivity index is 1.53. The summed E-state index contributed by atoms with van der Waals surface area (Å²) in [5.74, 6) is 3.73. The number of amides is 1. The minimum Gasteiger partial charge on any atom is -0.381 e. The minimum absolute atomic E-state index is 0.351. The molecule has 2 unspecified atom stereocenters. The molecule has 0 aromatic carbocycles. The van der Waals surface area contributed by atoms with E-state index in [1.54, 1.807) is 0 Å². The summed E-state index contributed by atoms with van der Waals surface area (Å²) in [6.07, 6.45) is 11.1. The lowest BCUT2D eigenvalue weighted by atomic mass is 9.47. The Morgan fingerprint density at radius 2 is 1.81 bits per heavy atom. The lowest BCUT2D eigenvalue weighted by molar-refractivity contribution is -0.159. The maximum absolute atomic E-state index is 12.3. The Morgan fingerprint density at radius 1 is 1.04 bits per heavy atom. The lowest BCUT2D eigenvalue weighted by Gasteiger charge is -2.61. The predicted molar refractivity (Wildman–Crippen MR) is 105 cm³/mol. The third-order valence-electron chi connectivity index (χ3n) is 9.42. The van der Waals surface area contributed by atoms with Gasteiger partial charge in [-0.3, -0.25) is 4.79 Å². The second-order valence-corrected chi connectivity index (χ2v) is 10.4.